The summed E-state index contributed by atoms with van der Waals surface area (Å²) in [6.45, 7) is 0. The summed E-state index contributed by atoms with van der Waals surface area (Å²) in [6.07, 6.45) is 0.739. The van der Waals surface area contributed by atoms with E-state index >= 15 is 0 Å². The second-order valence-electron chi connectivity index (χ2n) is 3.77. The summed E-state index contributed by atoms with van der Waals surface area (Å²) in [5, 5.41) is 4.55. The molecule has 98 valence electrons. The molecule has 0 spiro atoms. The van der Waals surface area contributed by atoms with E-state index in [1.165, 1.54) is 22.8 Å². The van der Waals surface area contributed by atoms with Crippen LogP contribution in [0.4, 0.5) is 9.59 Å². The number of carbonyl (C=O) groups is 4. The molecule has 0 aromatic heterocycles. The van der Waals surface area contributed by atoms with E-state index in [0.717, 1.165) is 0 Å². The number of ether oxygens (including phenoxy) is 1. The highest BCUT2D eigenvalue weighted by molar-refractivity contribution is 6.58. The first-order chi connectivity index (χ1) is 8.36. The lowest BCUT2D eigenvalue weighted by molar-refractivity contribution is -0.143. The summed E-state index contributed by atoms with van der Waals surface area (Å²) in [6, 6.07) is -0.766. The van der Waals surface area contributed by atoms with Crippen LogP contribution in [-0.4, -0.2) is 52.3 Å². The van der Waals surface area contributed by atoms with Crippen molar-refractivity contribution in [3.63, 3.8) is 0 Å². The van der Waals surface area contributed by atoms with Crippen LogP contribution in [0.25, 0.3) is 0 Å². The van der Waals surface area contributed by atoms with Gasteiger partial charge in [0.05, 0.1) is 7.11 Å². The molecular weight excluding hydrogens is 238 g/mol. The summed E-state index contributed by atoms with van der Waals surface area (Å²) >= 11 is 0. The van der Waals surface area contributed by atoms with Crippen molar-refractivity contribution in [1.29, 1.82) is 0 Å². The van der Waals surface area contributed by atoms with E-state index < -0.39 is 23.7 Å². The molecule has 0 fully saturated rings. The molecule has 18 heavy (non-hydrogen) atoms. The molecule has 3 amide bonds. The number of esters is 1. The predicted molar refractivity (Wildman–Crippen MR) is 68.8 cm³/mol. The zero-order valence-electron chi connectivity index (χ0n) is 10.7. The second kappa shape index (κ2) is 8.32. The molecule has 0 rings (SSSR count). The van der Waals surface area contributed by atoms with Crippen molar-refractivity contribution >= 4 is 39.2 Å². The maximum Gasteiger partial charge on any atom is 0.328 e. The van der Waals surface area contributed by atoms with Gasteiger partial charge in [0.2, 0.25) is 21.6 Å². The number of methoxy groups -OCH3 is 1. The molecule has 0 saturated carbocycles. The maximum absolute atomic E-state index is 11.3. The minimum Gasteiger partial charge on any atom is -0.467 e. The van der Waals surface area contributed by atoms with E-state index in [4.69, 9.17) is 0 Å². The van der Waals surface area contributed by atoms with Crippen LogP contribution in [0.3, 0.4) is 0 Å². The normalized spacial score (nSPS) is 11.2. The predicted octanol–water partition coefficient (Wildman–Crippen LogP) is -2.09. The number of carbonyl (C=O) groups excluding carboxylic acids is 4. The Morgan fingerprint density at radius 1 is 1.17 bits per heavy atom. The summed E-state index contributed by atoms with van der Waals surface area (Å²) in [4.78, 5) is 43.9. The lowest BCUT2D eigenvalue weighted by Gasteiger charge is -2.15. The number of amides is 3. The van der Waals surface area contributed by atoms with Crippen molar-refractivity contribution < 1.29 is 23.9 Å². The Balaban J connectivity index is 4.11. The topological polar surface area (TPSA) is 102 Å². The molecule has 0 saturated heterocycles. The van der Waals surface area contributed by atoms with Gasteiger partial charge >= 0.3 is 5.97 Å². The first-order valence-electron chi connectivity index (χ1n) is 5.52. The van der Waals surface area contributed by atoms with Crippen molar-refractivity contribution in [3.8, 4) is 0 Å². The van der Waals surface area contributed by atoms with E-state index in [0.29, 0.717) is 6.42 Å². The van der Waals surface area contributed by atoms with Gasteiger partial charge in [-0.1, -0.05) is 0 Å². The molecule has 9 heteroatoms. The number of hydrogen-bond donors (Lipinski definition) is 2. The lowest BCUT2D eigenvalue weighted by atomic mass is 10.1. The minimum absolute atomic E-state index is 0.104. The van der Waals surface area contributed by atoms with Crippen LogP contribution in [0, 0.1) is 0 Å². The molecule has 0 aromatic carbocycles. The number of hydrogen-bond acceptors (Lipinski definition) is 5. The van der Waals surface area contributed by atoms with Crippen LogP contribution in [0.15, 0.2) is 0 Å². The fourth-order valence-corrected chi connectivity index (χ4v) is 1.36. The van der Waals surface area contributed by atoms with Crippen LogP contribution in [0.5, 0.6) is 0 Å². The van der Waals surface area contributed by atoms with Gasteiger partial charge in [-0.15, -0.1) is 0 Å². The summed E-state index contributed by atoms with van der Waals surface area (Å²) < 4.78 is 4.53. The Hall–Kier alpha value is -1.79. The first kappa shape index (κ1) is 16.2. The molecule has 0 unspecified atom stereocenters. The van der Waals surface area contributed by atoms with Crippen LogP contribution in [0.2, 0.25) is 0 Å². The molecular formula is C9H16B2N2O5. The van der Waals surface area contributed by atoms with Crippen LogP contribution in [-0.2, 0) is 14.3 Å². The van der Waals surface area contributed by atoms with Crippen LogP contribution in [0.1, 0.15) is 19.3 Å². The zero-order chi connectivity index (χ0) is 14.1. The van der Waals surface area contributed by atoms with Crippen LogP contribution < -0.4 is 10.6 Å². The van der Waals surface area contributed by atoms with Crippen molar-refractivity contribution in [2.24, 2.45) is 0 Å². The second-order valence-corrected chi connectivity index (χ2v) is 3.77. The molecule has 7 nitrogen and oxygen atoms in total. The quantitative estimate of drug-likeness (QED) is 0.418. The first-order valence-corrected chi connectivity index (χ1v) is 5.52. The van der Waals surface area contributed by atoms with Crippen LogP contribution >= 0.6 is 0 Å². The van der Waals surface area contributed by atoms with Gasteiger partial charge in [-0.25, -0.2) is 4.79 Å². The van der Waals surface area contributed by atoms with Crippen molar-refractivity contribution in [1.82, 2.24) is 10.6 Å². The molecule has 1 atom stereocenters. The van der Waals surface area contributed by atoms with Gasteiger partial charge in [0, 0.05) is 6.42 Å². The average Bonchev–Trinajstić information content (AvgIpc) is 2.25. The SMILES string of the molecule is BC(=O)NC(=O)CCC[C@H](NC(B)=O)C(=O)OC. The zero-order valence-corrected chi connectivity index (χ0v) is 10.7. The number of rotatable bonds is 6. The molecule has 0 aliphatic rings. The Morgan fingerprint density at radius 3 is 2.22 bits per heavy atom. The van der Waals surface area contributed by atoms with Gasteiger partial charge in [-0.2, -0.15) is 0 Å². The highest BCUT2D eigenvalue weighted by Crippen LogP contribution is 2.03. The van der Waals surface area contributed by atoms with E-state index in [1.807, 2.05) is 0 Å². The Labute approximate surface area is 107 Å². The van der Waals surface area contributed by atoms with Crippen molar-refractivity contribution in [3.05, 3.63) is 0 Å². The summed E-state index contributed by atoms with van der Waals surface area (Å²) in [7, 11) is 3.75. The fourth-order valence-electron chi connectivity index (χ4n) is 1.36. The summed E-state index contributed by atoms with van der Waals surface area (Å²) in [5.74, 6) is -1.74. The monoisotopic (exact) mass is 254 g/mol. The standard InChI is InChI=1S/C9H16B2N2O5/c1-18-7(15)5(12-8(10)16)3-2-4-6(14)13-9(11)17/h5H,2-4,10-11H2,1H3,(H,12,16)(H,13,14,17)/t5-/m0/s1. The largest absolute Gasteiger partial charge is 0.467 e. The molecule has 0 bridgehead atoms. The van der Waals surface area contributed by atoms with Crippen molar-refractivity contribution in [2.75, 3.05) is 7.11 Å². The molecule has 0 aliphatic heterocycles. The van der Waals surface area contributed by atoms with Gasteiger partial charge in [0.25, 0.3) is 0 Å². The molecule has 0 radical (unpaired) electrons. The van der Waals surface area contributed by atoms with E-state index in [1.54, 1.807) is 0 Å². The van der Waals surface area contributed by atoms with Gasteiger partial charge in [0.1, 0.15) is 6.04 Å². The minimum atomic E-state index is -0.766. The molecule has 0 aromatic rings. The van der Waals surface area contributed by atoms with E-state index in [9.17, 15) is 19.2 Å². The maximum atomic E-state index is 11.3. The lowest BCUT2D eigenvalue weighted by Crippen LogP contribution is -2.41. The van der Waals surface area contributed by atoms with E-state index in [2.05, 4.69) is 15.4 Å². The van der Waals surface area contributed by atoms with Gasteiger partial charge in [-0.05, 0) is 12.8 Å². The van der Waals surface area contributed by atoms with Crippen molar-refractivity contribution in [2.45, 2.75) is 25.3 Å². The smallest absolute Gasteiger partial charge is 0.328 e. The summed E-state index contributed by atoms with van der Waals surface area (Å²) in [5.41, 5.74) is 0. The van der Waals surface area contributed by atoms with Gasteiger partial charge in [0.15, 0.2) is 11.6 Å². The third-order valence-corrected chi connectivity index (χ3v) is 2.08. The fraction of sp³-hybridized carbons (Fsp3) is 0.556. The average molecular weight is 254 g/mol. The Morgan fingerprint density at radius 2 is 1.78 bits per heavy atom. The highest BCUT2D eigenvalue weighted by atomic mass is 16.5. The Bertz CT molecular complexity index is 348. The molecule has 0 aliphatic carbocycles. The number of nitrogens with one attached hydrogen (secondary N) is 2. The van der Waals surface area contributed by atoms with Gasteiger partial charge < -0.3 is 15.4 Å². The third kappa shape index (κ3) is 7.48. The molecule has 0 heterocycles. The third-order valence-electron chi connectivity index (χ3n) is 2.08. The number of imide groups is 1. The highest BCUT2D eigenvalue weighted by Gasteiger charge is 2.19. The van der Waals surface area contributed by atoms with E-state index in [-0.39, 0.29) is 18.6 Å². The molecule has 2 N–H and O–H groups in total. The van der Waals surface area contributed by atoms with Gasteiger partial charge in [-0.3, -0.25) is 14.4 Å². The Kier molecular flexibility index (Phi) is 7.49.